The van der Waals surface area contributed by atoms with Crippen molar-refractivity contribution < 1.29 is 13.9 Å². The summed E-state index contributed by atoms with van der Waals surface area (Å²) in [6, 6.07) is 6.03. The number of ether oxygens (including phenoxy) is 1. The Morgan fingerprint density at radius 3 is 3.06 bits per heavy atom. The fourth-order valence-corrected chi connectivity index (χ4v) is 1.30. The lowest BCUT2D eigenvalue weighted by Gasteiger charge is -2.00. The Labute approximate surface area is 102 Å². The number of hydrogen-bond acceptors (Lipinski definition) is 4. The number of carbonyl (C=O) groups excluding carboxylic acids is 1. The summed E-state index contributed by atoms with van der Waals surface area (Å²) in [5.74, 6) is -0.821. The van der Waals surface area contributed by atoms with Crippen LogP contribution in [0, 0.1) is 5.82 Å². The molecule has 0 radical (unpaired) electrons. The molecule has 0 aliphatic rings. The van der Waals surface area contributed by atoms with Crippen molar-refractivity contribution in [2.45, 2.75) is 6.42 Å². The molecule has 6 nitrogen and oxygen atoms in total. The molecule has 7 heteroatoms. The molecule has 1 aromatic carbocycles. The van der Waals surface area contributed by atoms with E-state index in [0.717, 1.165) is 0 Å². The van der Waals surface area contributed by atoms with Crippen LogP contribution in [-0.2, 0) is 4.79 Å². The van der Waals surface area contributed by atoms with Gasteiger partial charge in [-0.15, -0.1) is 5.10 Å². The molecule has 0 aliphatic carbocycles. The average Bonchev–Trinajstić information content (AvgIpc) is 2.77. The number of carbonyl (C=O) groups is 1. The van der Waals surface area contributed by atoms with Crippen molar-refractivity contribution >= 4 is 5.91 Å². The second-order valence-electron chi connectivity index (χ2n) is 3.52. The van der Waals surface area contributed by atoms with Gasteiger partial charge in [0.15, 0.2) is 0 Å². The topological polar surface area (TPSA) is 83.0 Å². The van der Waals surface area contributed by atoms with Crippen molar-refractivity contribution in [2.24, 2.45) is 5.73 Å². The monoisotopic (exact) mass is 250 g/mol. The summed E-state index contributed by atoms with van der Waals surface area (Å²) in [6.07, 6.45) is 1.49. The largest absolute Gasteiger partial charge is 0.462 e. The fourth-order valence-electron chi connectivity index (χ4n) is 1.30. The third-order valence-corrected chi connectivity index (χ3v) is 2.12. The SMILES string of the molecule is NC(=O)CCOc1ncn(-c2cccc(F)c2)n1. The summed E-state index contributed by atoms with van der Waals surface area (Å²) in [4.78, 5) is 14.4. The van der Waals surface area contributed by atoms with Crippen molar-refractivity contribution in [1.29, 1.82) is 0 Å². The van der Waals surface area contributed by atoms with Gasteiger partial charge in [-0.1, -0.05) is 6.07 Å². The van der Waals surface area contributed by atoms with E-state index < -0.39 is 5.91 Å². The van der Waals surface area contributed by atoms with E-state index >= 15 is 0 Å². The Kier molecular flexibility index (Phi) is 3.52. The molecule has 1 aromatic heterocycles. The molecule has 0 aliphatic heterocycles. The first-order valence-corrected chi connectivity index (χ1v) is 5.24. The van der Waals surface area contributed by atoms with Crippen LogP contribution in [0.3, 0.4) is 0 Å². The molecule has 0 fully saturated rings. The predicted molar refractivity (Wildman–Crippen MR) is 60.6 cm³/mol. The third kappa shape index (κ3) is 3.03. The Balaban J connectivity index is 2.04. The minimum absolute atomic E-state index is 0.0918. The molecular formula is C11H11FN4O2. The molecule has 18 heavy (non-hydrogen) atoms. The maximum absolute atomic E-state index is 13.0. The van der Waals surface area contributed by atoms with E-state index in [9.17, 15) is 9.18 Å². The van der Waals surface area contributed by atoms with Crippen LogP contribution in [0.4, 0.5) is 4.39 Å². The summed E-state index contributed by atoms with van der Waals surface area (Å²) < 4.78 is 19.5. The van der Waals surface area contributed by atoms with E-state index in [1.54, 1.807) is 12.1 Å². The molecule has 0 saturated carbocycles. The van der Waals surface area contributed by atoms with Crippen LogP contribution >= 0.6 is 0 Å². The van der Waals surface area contributed by atoms with Crippen LogP contribution in [0.1, 0.15) is 6.42 Å². The first-order chi connectivity index (χ1) is 8.65. The fraction of sp³-hybridized carbons (Fsp3) is 0.182. The van der Waals surface area contributed by atoms with Crippen LogP contribution in [-0.4, -0.2) is 27.3 Å². The van der Waals surface area contributed by atoms with Gasteiger partial charge in [-0.3, -0.25) is 4.79 Å². The minimum atomic E-state index is -0.459. The first-order valence-electron chi connectivity index (χ1n) is 5.24. The molecule has 1 heterocycles. The highest BCUT2D eigenvalue weighted by Crippen LogP contribution is 2.10. The van der Waals surface area contributed by atoms with E-state index in [1.165, 1.54) is 23.1 Å². The molecule has 2 aromatic rings. The van der Waals surface area contributed by atoms with Gasteiger partial charge in [0.05, 0.1) is 12.1 Å². The maximum atomic E-state index is 13.0. The van der Waals surface area contributed by atoms with Gasteiger partial charge in [-0.05, 0) is 18.2 Å². The highest BCUT2D eigenvalue weighted by Gasteiger charge is 2.05. The van der Waals surface area contributed by atoms with Crippen LogP contribution in [0.15, 0.2) is 30.6 Å². The number of amides is 1. The number of nitrogens with two attached hydrogens (primary N) is 1. The minimum Gasteiger partial charge on any atom is -0.462 e. The molecule has 0 unspecified atom stereocenters. The number of benzene rings is 1. The van der Waals surface area contributed by atoms with Crippen LogP contribution < -0.4 is 10.5 Å². The lowest BCUT2D eigenvalue weighted by atomic mass is 10.3. The van der Waals surface area contributed by atoms with E-state index in [0.29, 0.717) is 5.69 Å². The maximum Gasteiger partial charge on any atom is 0.335 e. The molecule has 0 bridgehead atoms. The summed E-state index contributed by atoms with van der Waals surface area (Å²) in [6.45, 7) is 0.114. The lowest BCUT2D eigenvalue weighted by Crippen LogP contribution is -2.14. The number of hydrogen-bond donors (Lipinski definition) is 1. The van der Waals surface area contributed by atoms with Crippen LogP contribution in [0.5, 0.6) is 6.01 Å². The molecule has 94 valence electrons. The molecule has 2 rings (SSSR count). The van der Waals surface area contributed by atoms with E-state index in [4.69, 9.17) is 10.5 Å². The molecule has 0 spiro atoms. The average molecular weight is 250 g/mol. The predicted octanol–water partition coefficient (Wildman–Crippen LogP) is 0.661. The van der Waals surface area contributed by atoms with E-state index in [-0.39, 0.29) is 24.9 Å². The highest BCUT2D eigenvalue weighted by molar-refractivity contribution is 5.73. The molecular weight excluding hydrogens is 239 g/mol. The summed E-state index contributed by atoms with van der Waals surface area (Å²) in [5, 5.41) is 3.98. The molecule has 0 saturated heterocycles. The van der Waals surface area contributed by atoms with Gasteiger partial charge in [0.25, 0.3) is 0 Å². The highest BCUT2D eigenvalue weighted by atomic mass is 19.1. The van der Waals surface area contributed by atoms with E-state index in [1.807, 2.05) is 0 Å². The smallest absolute Gasteiger partial charge is 0.335 e. The van der Waals surface area contributed by atoms with Gasteiger partial charge in [0.1, 0.15) is 18.8 Å². The number of nitrogens with zero attached hydrogens (tertiary/aromatic N) is 3. The van der Waals surface area contributed by atoms with Crippen LogP contribution in [0.25, 0.3) is 5.69 Å². The quantitative estimate of drug-likeness (QED) is 0.845. The van der Waals surface area contributed by atoms with Crippen molar-refractivity contribution in [3.63, 3.8) is 0 Å². The third-order valence-electron chi connectivity index (χ3n) is 2.12. The zero-order valence-corrected chi connectivity index (χ0v) is 9.41. The Hall–Kier alpha value is -2.44. The van der Waals surface area contributed by atoms with Gasteiger partial charge in [0, 0.05) is 0 Å². The molecule has 0 atom stereocenters. The summed E-state index contributed by atoms with van der Waals surface area (Å²) in [5.41, 5.74) is 5.50. The van der Waals surface area contributed by atoms with E-state index in [2.05, 4.69) is 10.1 Å². The van der Waals surface area contributed by atoms with Gasteiger partial charge in [-0.25, -0.2) is 9.07 Å². The Bertz CT molecular complexity index is 555. The van der Waals surface area contributed by atoms with Crippen molar-refractivity contribution in [1.82, 2.24) is 14.8 Å². The van der Waals surface area contributed by atoms with Gasteiger partial charge in [-0.2, -0.15) is 4.98 Å². The van der Waals surface area contributed by atoms with Crippen molar-refractivity contribution in [3.8, 4) is 11.7 Å². The zero-order chi connectivity index (χ0) is 13.0. The normalized spacial score (nSPS) is 10.3. The zero-order valence-electron chi connectivity index (χ0n) is 9.41. The second kappa shape index (κ2) is 5.26. The van der Waals surface area contributed by atoms with Gasteiger partial charge >= 0.3 is 6.01 Å². The number of halogens is 1. The number of primary amides is 1. The van der Waals surface area contributed by atoms with Gasteiger partial charge < -0.3 is 10.5 Å². The Morgan fingerprint density at radius 1 is 1.50 bits per heavy atom. The first kappa shape index (κ1) is 12.0. The number of rotatable bonds is 5. The van der Waals surface area contributed by atoms with Crippen molar-refractivity contribution in [3.05, 3.63) is 36.4 Å². The van der Waals surface area contributed by atoms with Gasteiger partial charge in [0.2, 0.25) is 5.91 Å². The Morgan fingerprint density at radius 2 is 2.33 bits per heavy atom. The lowest BCUT2D eigenvalue weighted by molar-refractivity contribution is -0.118. The molecule has 1 amide bonds. The summed E-state index contributed by atoms with van der Waals surface area (Å²) in [7, 11) is 0. The van der Waals surface area contributed by atoms with Crippen molar-refractivity contribution in [2.75, 3.05) is 6.61 Å². The van der Waals surface area contributed by atoms with Crippen LogP contribution in [0.2, 0.25) is 0 Å². The second-order valence-corrected chi connectivity index (χ2v) is 3.52. The standard InChI is InChI=1S/C11H11FN4O2/c12-8-2-1-3-9(6-8)16-7-14-11(15-16)18-5-4-10(13)17/h1-3,6-7H,4-5H2,(H2,13,17). The molecule has 2 N–H and O–H groups in total. The number of aromatic nitrogens is 3. The summed E-state index contributed by atoms with van der Waals surface area (Å²) >= 11 is 0.